The van der Waals surface area contributed by atoms with Crippen LogP contribution in [0.25, 0.3) is 11.0 Å². The van der Waals surface area contributed by atoms with E-state index in [1.165, 1.54) is 28.0 Å². The first-order chi connectivity index (χ1) is 17.6. The third kappa shape index (κ3) is 5.13. The zero-order chi connectivity index (χ0) is 24.9. The lowest BCUT2D eigenvalue weighted by molar-refractivity contribution is -0.143. The second-order valence-electron chi connectivity index (χ2n) is 8.64. The molecule has 5 rings (SSSR count). The van der Waals surface area contributed by atoms with Gasteiger partial charge in [-0.05, 0) is 43.2 Å². The molecule has 1 aliphatic heterocycles. The number of nitrogens with one attached hydrogen (secondary N) is 1. The van der Waals surface area contributed by atoms with Crippen molar-refractivity contribution >= 4 is 22.8 Å². The highest BCUT2D eigenvalue weighted by Gasteiger charge is 2.36. The second kappa shape index (κ2) is 10.7. The van der Waals surface area contributed by atoms with Gasteiger partial charge in [0.2, 0.25) is 11.8 Å². The molecule has 36 heavy (non-hydrogen) atoms. The Bertz CT molecular complexity index is 1330. The van der Waals surface area contributed by atoms with Crippen molar-refractivity contribution in [2.24, 2.45) is 0 Å². The molecule has 4 aromatic rings. The molecule has 1 saturated heterocycles. The van der Waals surface area contributed by atoms with Crippen molar-refractivity contribution in [2.75, 3.05) is 13.2 Å². The standard InChI is InChI=1S/C26H26FN5O4/c27-21-10-2-1-9-20(21)25(26(34)28-15-18-7-5-13-35-18)31(16-19-8-6-14-36-19)24(33)17-32-23-12-4-3-11-22(23)29-30-32/h1-5,7,9-13,19,25H,6,8,14-17H2,(H,28,34)/t19-,25+/m0/s1. The van der Waals surface area contributed by atoms with Crippen LogP contribution >= 0.6 is 0 Å². The first kappa shape index (κ1) is 23.7. The number of hydrogen-bond donors (Lipinski definition) is 1. The van der Waals surface area contributed by atoms with E-state index in [1.807, 2.05) is 18.2 Å². The van der Waals surface area contributed by atoms with E-state index in [4.69, 9.17) is 9.15 Å². The van der Waals surface area contributed by atoms with Crippen molar-refractivity contribution in [1.29, 1.82) is 0 Å². The Labute approximate surface area is 206 Å². The number of ether oxygens (including phenoxy) is 1. The zero-order valence-corrected chi connectivity index (χ0v) is 19.5. The van der Waals surface area contributed by atoms with Gasteiger partial charge in [0.15, 0.2) is 0 Å². The Morgan fingerprint density at radius 1 is 1.14 bits per heavy atom. The van der Waals surface area contributed by atoms with Crippen molar-refractivity contribution in [3.05, 3.63) is 84.1 Å². The summed E-state index contributed by atoms with van der Waals surface area (Å²) < 4.78 is 27.6. The van der Waals surface area contributed by atoms with Crippen LogP contribution < -0.4 is 5.32 Å². The number of amides is 2. The fraction of sp³-hybridized carbons (Fsp3) is 0.308. The molecule has 186 valence electrons. The molecular weight excluding hydrogens is 465 g/mol. The van der Waals surface area contributed by atoms with Crippen molar-refractivity contribution < 1.29 is 23.1 Å². The minimum absolute atomic E-state index is 0.101. The van der Waals surface area contributed by atoms with Gasteiger partial charge in [-0.15, -0.1) is 5.10 Å². The minimum Gasteiger partial charge on any atom is -0.467 e. The molecule has 2 aromatic carbocycles. The van der Waals surface area contributed by atoms with Crippen LogP contribution in [0.15, 0.2) is 71.3 Å². The predicted octanol–water partition coefficient (Wildman–Crippen LogP) is 3.23. The molecule has 3 heterocycles. The van der Waals surface area contributed by atoms with Gasteiger partial charge in [0, 0.05) is 18.7 Å². The average molecular weight is 492 g/mol. The van der Waals surface area contributed by atoms with E-state index in [9.17, 15) is 9.59 Å². The van der Waals surface area contributed by atoms with Crippen LogP contribution in [0, 0.1) is 5.82 Å². The molecule has 9 nitrogen and oxygen atoms in total. The van der Waals surface area contributed by atoms with Gasteiger partial charge in [-0.1, -0.05) is 35.5 Å². The zero-order valence-electron chi connectivity index (χ0n) is 19.5. The van der Waals surface area contributed by atoms with E-state index in [0.29, 0.717) is 23.4 Å². The van der Waals surface area contributed by atoms with Gasteiger partial charge in [-0.2, -0.15) is 0 Å². The molecule has 0 aliphatic carbocycles. The Morgan fingerprint density at radius 3 is 2.75 bits per heavy atom. The summed E-state index contributed by atoms with van der Waals surface area (Å²) >= 11 is 0. The van der Waals surface area contributed by atoms with Crippen LogP contribution in [-0.4, -0.2) is 51.0 Å². The van der Waals surface area contributed by atoms with Crippen LogP contribution in [0.3, 0.4) is 0 Å². The quantitative estimate of drug-likeness (QED) is 0.386. The minimum atomic E-state index is -1.22. The summed E-state index contributed by atoms with van der Waals surface area (Å²) in [5.41, 5.74) is 1.44. The number of carbonyl (C=O) groups excluding carboxylic acids is 2. The van der Waals surface area contributed by atoms with Gasteiger partial charge in [0.05, 0.1) is 24.4 Å². The van der Waals surface area contributed by atoms with Crippen LogP contribution in [0.4, 0.5) is 4.39 Å². The molecule has 10 heteroatoms. The smallest absolute Gasteiger partial charge is 0.247 e. The third-order valence-electron chi connectivity index (χ3n) is 6.23. The molecule has 0 saturated carbocycles. The van der Waals surface area contributed by atoms with Crippen LogP contribution in [0.1, 0.15) is 30.2 Å². The molecule has 0 radical (unpaired) electrons. The molecular formula is C26H26FN5O4. The number of nitrogens with zero attached hydrogens (tertiary/aromatic N) is 4. The molecule has 1 aliphatic rings. The molecule has 1 fully saturated rings. The number of aromatic nitrogens is 3. The number of carbonyl (C=O) groups is 2. The summed E-state index contributed by atoms with van der Waals surface area (Å²) in [5.74, 6) is -0.956. The number of hydrogen-bond acceptors (Lipinski definition) is 6. The number of rotatable bonds is 9. The molecule has 0 bridgehead atoms. The lowest BCUT2D eigenvalue weighted by Gasteiger charge is -2.33. The lowest BCUT2D eigenvalue weighted by atomic mass is 10.0. The molecule has 0 unspecified atom stereocenters. The summed E-state index contributed by atoms with van der Waals surface area (Å²) in [6.07, 6.45) is 2.85. The summed E-state index contributed by atoms with van der Waals surface area (Å²) in [5, 5.41) is 11.0. The maximum absolute atomic E-state index is 15.0. The fourth-order valence-corrected chi connectivity index (χ4v) is 4.44. The largest absolute Gasteiger partial charge is 0.467 e. The maximum Gasteiger partial charge on any atom is 0.247 e. The van der Waals surface area contributed by atoms with E-state index in [0.717, 1.165) is 12.8 Å². The molecule has 2 atom stereocenters. The number of halogens is 1. The van der Waals surface area contributed by atoms with E-state index < -0.39 is 23.7 Å². The molecule has 0 spiro atoms. The van der Waals surface area contributed by atoms with Crippen LogP contribution in [0.5, 0.6) is 0 Å². The summed E-state index contributed by atoms with van der Waals surface area (Å²) in [7, 11) is 0. The first-order valence-electron chi connectivity index (χ1n) is 11.8. The molecule has 1 N–H and O–H groups in total. The Morgan fingerprint density at radius 2 is 1.97 bits per heavy atom. The van der Waals surface area contributed by atoms with Crippen molar-refractivity contribution in [2.45, 2.75) is 38.1 Å². The average Bonchev–Trinajstić information content (AvgIpc) is 3.67. The third-order valence-corrected chi connectivity index (χ3v) is 6.23. The molecule has 2 amide bonds. The maximum atomic E-state index is 15.0. The summed E-state index contributed by atoms with van der Waals surface area (Å²) in [4.78, 5) is 28.7. The Hall–Kier alpha value is -4.05. The van der Waals surface area contributed by atoms with Gasteiger partial charge in [-0.3, -0.25) is 9.59 Å². The van der Waals surface area contributed by atoms with E-state index >= 15 is 4.39 Å². The summed E-state index contributed by atoms with van der Waals surface area (Å²) in [6.45, 7) is 0.657. The van der Waals surface area contributed by atoms with Gasteiger partial charge in [0.25, 0.3) is 0 Å². The van der Waals surface area contributed by atoms with Gasteiger partial charge in [0.1, 0.15) is 29.7 Å². The van der Waals surface area contributed by atoms with Gasteiger partial charge >= 0.3 is 0 Å². The van der Waals surface area contributed by atoms with E-state index in [2.05, 4.69) is 15.6 Å². The lowest BCUT2D eigenvalue weighted by Crippen LogP contribution is -2.48. The number of fused-ring (bicyclic) bond motifs is 1. The topological polar surface area (TPSA) is 102 Å². The monoisotopic (exact) mass is 491 g/mol. The van der Waals surface area contributed by atoms with E-state index in [-0.39, 0.29) is 31.3 Å². The predicted molar refractivity (Wildman–Crippen MR) is 128 cm³/mol. The highest BCUT2D eigenvalue weighted by Crippen LogP contribution is 2.27. The highest BCUT2D eigenvalue weighted by atomic mass is 19.1. The fourth-order valence-electron chi connectivity index (χ4n) is 4.44. The van der Waals surface area contributed by atoms with Crippen LogP contribution in [-0.2, 0) is 27.4 Å². The second-order valence-corrected chi connectivity index (χ2v) is 8.64. The number of para-hydroxylation sites is 1. The molecule has 2 aromatic heterocycles. The van der Waals surface area contributed by atoms with Crippen molar-refractivity contribution in [3.63, 3.8) is 0 Å². The van der Waals surface area contributed by atoms with E-state index in [1.54, 1.807) is 30.3 Å². The van der Waals surface area contributed by atoms with Gasteiger partial charge < -0.3 is 19.4 Å². The van der Waals surface area contributed by atoms with Crippen molar-refractivity contribution in [3.8, 4) is 0 Å². The summed E-state index contributed by atoms with van der Waals surface area (Å²) in [6, 6.07) is 15.5. The highest BCUT2D eigenvalue weighted by molar-refractivity contribution is 5.89. The number of benzene rings is 2. The number of furan rings is 1. The Kier molecular flexibility index (Phi) is 7.03. The first-order valence-corrected chi connectivity index (χ1v) is 11.8. The Balaban J connectivity index is 1.48. The SMILES string of the molecule is O=C(NCc1ccco1)[C@@H](c1ccccc1F)N(C[C@@H]1CCCO1)C(=O)Cn1nnc2ccccc21. The normalized spacial score (nSPS) is 16.2. The van der Waals surface area contributed by atoms with Crippen LogP contribution in [0.2, 0.25) is 0 Å². The van der Waals surface area contributed by atoms with Gasteiger partial charge in [-0.25, -0.2) is 9.07 Å². The van der Waals surface area contributed by atoms with Crippen molar-refractivity contribution in [1.82, 2.24) is 25.2 Å².